The summed E-state index contributed by atoms with van der Waals surface area (Å²) in [7, 11) is 0. The van der Waals surface area contributed by atoms with Gasteiger partial charge in [-0.2, -0.15) is 0 Å². The summed E-state index contributed by atoms with van der Waals surface area (Å²) in [5, 5.41) is 0. The molecule has 0 aliphatic carbocycles. The lowest BCUT2D eigenvalue weighted by Gasteiger charge is -2.23. The van der Waals surface area contributed by atoms with Gasteiger partial charge in [-0.25, -0.2) is 0 Å². The number of nitrogen functional groups attached to an aromatic ring is 1. The van der Waals surface area contributed by atoms with E-state index in [0.29, 0.717) is 5.56 Å². The van der Waals surface area contributed by atoms with Crippen molar-refractivity contribution in [3.05, 3.63) is 59.7 Å². The molecule has 2 aromatic carbocycles. The maximum absolute atomic E-state index is 11.1. The summed E-state index contributed by atoms with van der Waals surface area (Å²) in [6.07, 6.45) is 0. The van der Waals surface area contributed by atoms with Crippen LogP contribution in [0.25, 0.3) is 0 Å². The van der Waals surface area contributed by atoms with Crippen molar-refractivity contribution in [2.45, 2.75) is 13.5 Å². The zero-order valence-electron chi connectivity index (χ0n) is 11.5. The van der Waals surface area contributed by atoms with E-state index in [4.69, 9.17) is 11.5 Å². The molecule has 2 rings (SSSR count). The van der Waals surface area contributed by atoms with Crippen molar-refractivity contribution in [1.29, 1.82) is 0 Å². The van der Waals surface area contributed by atoms with Crippen LogP contribution >= 0.6 is 0 Å². The van der Waals surface area contributed by atoms with E-state index in [9.17, 15) is 4.79 Å². The Kier molecular flexibility index (Phi) is 4.25. The number of benzene rings is 2. The molecule has 0 saturated heterocycles. The van der Waals surface area contributed by atoms with Crippen molar-refractivity contribution < 1.29 is 4.79 Å². The van der Waals surface area contributed by atoms with E-state index >= 15 is 0 Å². The molecular weight excluding hydrogens is 250 g/mol. The smallest absolute Gasteiger partial charge is 0.248 e. The van der Waals surface area contributed by atoms with Crippen LogP contribution < -0.4 is 16.4 Å². The Morgan fingerprint density at radius 2 is 1.85 bits per heavy atom. The summed E-state index contributed by atoms with van der Waals surface area (Å²) in [5.74, 6) is -0.407. The van der Waals surface area contributed by atoms with Crippen LogP contribution in [-0.2, 0) is 6.54 Å². The van der Waals surface area contributed by atoms with E-state index in [2.05, 4.69) is 17.9 Å². The van der Waals surface area contributed by atoms with Gasteiger partial charge in [0, 0.05) is 30.0 Å². The van der Waals surface area contributed by atoms with Crippen molar-refractivity contribution >= 4 is 17.3 Å². The molecule has 2 aromatic rings. The lowest BCUT2D eigenvalue weighted by molar-refractivity contribution is 0.100. The van der Waals surface area contributed by atoms with E-state index in [1.165, 1.54) is 0 Å². The molecule has 0 heterocycles. The average Bonchev–Trinajstić information content (AvgIpc) is 2.45. The minimum absolute atomic E-state index is 0.407. The number of carbonyl (C=O) groups excluding carboxylic acids is 1. The van der Waals surface area contributed by atoms with Gasteiger partial charge in [0.2, 0.25) is 5.91 Å². The third-order valence-electron chi connectivity index (χ3n) is 3.22. The quantitative estimate of drug-likeness (QED) is 0.819. The Hall–Kier alpha value is -2.49. The fourth-order valence-electron chi connectivity index (χ4n) is 2.13. The molecule has 0 aliphatic rings. The summed E-state index contributed by atoms with van der Waals surface area (Å²) >= 11 is 0. The van der Waals surface area contributed by atoms with Gasteiger partial charge in [0.05, 0.1) is 0 Å². The Morgan fingerprint density at radius 1 is 1.15 bits per heavy atom. The number of hydrogen-bond donors (Lipinski definition) is 2. The standard InChI is InChI=1S/C16H19N3O/c1-2-19(11-12-4-3-5-14(17)10-12)15-8-6-13(7-9-15)16(18)20/h3-10H,2,11,17H2,1H3,(H2,18,20). The molecule has 0 atom stereocenters. The van der Waals surface area contributed by atoms with Crippen LogP contribution in [0.5, 0.6) is 0 Å². The number of amides is 1. The molecule has 4 heteroatoms. The van der Waals surface area contributed by atoms with Crippen molar-refractivity contribution in [3.63, 3.8) is 0 Å². The van der Waals surface area contributed by atoms with Crippen molar-refractivity contribution in [2.24, 2.45) is 5.73 Å². The Balaban J connectivity index is 2.17. The molecular formula is C16H19N3O. The Labute approximate surface area is 119 Å². The molecule has 104 valence electrons. The molecule has 0 spiro atoms. The first-order valence-corrected chi connectivity index (χ1v) is 6.59. The molecule has 0 aliphatic heterocycles. The number of hydrogen-bond acceptors (Lipinski definition) is 3. The lowest BCUT2D eigenvalue weighted by atomic mass is 10.1. The molecule has 20 heavy (non-hydrogen) atoms. The van der Waals surface area contributed by atoms with Gasteiger partial charge in [0.15, 0.2) is 0 Å². The topological polar surface area (TPSA) is 72.3 Å². The van der Waals surface area contributed by atoms with Crippen molar-refractivity contribution in [3.8, 4) is 0 Å². The SMILES string of the molecule is CCN(Cc1cccc(N)c1)c1ccc(C(N)=O)cc1. The van der Waals surface area contributed by atoms with Crippen LogP contribution in [0, 0.1) is 0 Å². The molecule has 0 bridgehead atoms. The molecule has 4 N–H and O–H groups in total. The molecule has 0 unspecified atom stereocenters. The van der Waals surface area contributed by atoms with Crippen molar-refractivity contribution in [2.75, 3.05) is 17.2 Å². The third kappa shape index (κ3) is 3.29. The Morgan fingerprint density at radius 3 is 2.40 bits per heavy atom. The maximum Gasteiger partial charge on any atom is 0.248 e. The second-order valence-electron chi connectivity index (χ2n) is 4.67. The van der Waals surface area contributed by atoms with E-state index < -0.39 is 5.91 Å². The van der Waals surface area contributed by atoms with Crippen LogP contribution in [0.2, 0.25) is 0 Å². The van der Waals surface area contributed by atoms with Crippen molar-refractivity contribution in [1.82, 2.24) is 0 Å². The van der Waals surface area contributed by atoms with Gasteiger partial charge in [-0.05, 0) is 48.9 Å². The van der Waals surface area contributed by atoms with Crippen LogP contribution in [0.1, 0.15) is 22.8 Å². The molecule has 0 aromatic heterocycles. The summed E-state index contributed by atoms with van der Waals surface area (Å²) in [6, 6.07) is 15.2. The van der Waals surface area contributed by atoms with Gasteiger partial charge in [-0.15, -0.1) is 0 Å². The normalized spacial score (nSPS) is 10.2. The summed E-state index contributed by atoms with van der Waals surface area (Å²) < 4.78 is 0. The lowest BCUT2D eigenvalue weighted by Crippen LogP contribution is -2.22. The Bertz CT molecular complexity index is 593. The largest absolute Gasteiger partial charge is 0.399 e. The second kappa shape index (κ2) is 6.10. The first kappa shape index (κ1) is 13.9. The molecule has 4 nitrogen and oxygen atoms in total. The van der Waals surface area contributed by atoms with E-state index in [1.54, 1.807) is 12.1 Å². The van der Waals surface area contributed by atoms with Crippen LogP contribution in [0.3, 0.4) is 0 Å². The molecule has 0 radical (unpaired) electrons. The molecule has 0 saturated carbocycles. The van der Waals surface area contributed by atoms with Gasteiger partial charge >= 0.3 is 0 Å². The molecule has 1 amide bonds. The monoisotopic (exact) mass is 269 g/mol. The molecule has 0 fully saturated rings. The zero-order valence-corrected chi connectivity index (χ0v) is 11.5. The highest BCUT2D eigenvalue weighted by atomic mass is 16.1. The van der Waals surface area contributed by atoms with Gasteiger partial charge in [0.1, 0.15) is 0 Å². The first-order chi connectivity index (χ1) is 9.60. The average molecular weight is 269 g/mol. The minimum atomic E-state index is -0.407. The predicted octanol–water partition coefficient (Wildman–Crippen LogP) is 2.39. The minimum Gasteiger partial charge on any atom is -0.399 e. The number of nitrogens with two attached hydrogens (primary N) is 2. The van der Waals surface area contributed by atoms with E-state index in [1.807, 2.05) is 30.3 Å². The van der Waals surface area contributed by atoms with Gasteiger partial charge < -0.3 is 16.4 Å². The van der Waals surface area contributed by atoms with E-state index in [-0.39, 0.29) is 0 Å². The highest BCUT2D eigenvalue weighted by Gasteiger charge is 2.07. The highest BCUT2D eigenvalue weighted by Crippen LogP contribution is 2.18. The predicted molar refractivity (Wildman–Crippen MR) is 82.5 cm³/mol. The highest BCUT2D eigenvalue weighted by molar-refractivity contribution is 5.93. The summed E-state index contributed by atoms with van der Waals surface area (Å²) in [5.41, 5.74) is 14.5. The number of primary amides is 1. The summed E-state index contributed by atoms with van der Waals surface area (Å²) in [6.45, 7) is 3.73. The van der Waals surface area contributed by atoms with Gasteiger partial charge in [-0.1, -0.05) is 12.1 Å². The first-order valence-electron chi connectivity index (χ1n) is 6.59. The number of nitrogens with zero attached hydrogens (tertiary/aromatic N) is 1. The number of anilines is 2. The van der Waals surface area contributed by atoms with Crippen LogP contribution in [-0.4, -0.2) is 12.5 Å². The zero-order chi connectivity index (χ0) is 14.5. The number of rotatable bonds is 5. The fourth-order valence-corrected chi connectivity index (χ4v) is 2.13. The van der Waals surface area contributed by atoms with Gasteiger partial charge in [0.25, 0.3) is 0 Å². The maximum atomic E-state index is 11.1. The second-order valence-corrected chi connectivity index (χ2v) is 4.67. The van der Waals surface area contributed by atoms with Gasteiger partial charge in [-0.3, -0.25) is 4.79 Å². The number of carbonyl (C=O) groups is 1. The van der Waals surface area contributed by atoms with E-state index in [0.717, 1.165) is 30.0 Å². The third-order valence-corrected chi connectivity index (χ3v) is 3.22. The van der Waals surface area contributed by atoms with Crippen LogP contribution in [0.4, 0.5) is 11.4 Å². The summed E-state index contributed by atoms with van der Waals surface area (Å²) in [4.78, 5) is 13.3. The van der Waals surface area contributed by atoms with Crippen LogP contribution in [0.15, 0.2) is 48.5 Å². The fraction of sp³-hybridized carbons (Fsp3) is 0.188.